The number of nitrogens with one attached hydrogen (secondary N) is 2. The van der Waals surface area contributed by atoms with Crippen LogP contribution in [0.15, 0.2) is 36.9 Å². The van der Waals surface area contributed by atoms with E-state index in [-0.39, 0.29) is 11.7 Å². The third-order valence-electron chi connectivity index (χ3n) is 4.50. The molecular formula is C19H20FN7O. The zero-order chi connectivity index (χ0) is 19.7. The van der Waals surface area contributed by atoms with Gasteiger partial charge in [0.15, 0.2) is 0 Å². The number of nitrogens with zero attached hydrogens (tertiary/aromatic N) is 5. The second-order valence-corrected chi connectivity index (χ2v) is 6.80. The van der Waals surface area contributed by atoms with Crippen molar-refractivity contribution in [2.24, 2.45) is 0 Å². The minimum atomic E-state index is -0.360. The molecule has 0 aliphatic carbocycles. The molecule has 4 rings (SSSR count). The average Bonchev–Trinajstić information content (AvgIpc) is 3.08. The highest BCUT2D eigenvalue weighted by atomic mass is 19.1. The van der Waals surface area contributed by atoms with Crippen LogP contribution in [0, 0.1) is 12.7 Å². The molecule has 144 valence electrons. The van der Waals surface area contributed by atoms with E-state index in [2.05, 4.69) is 25.7 Å². The fraction of sp³-hybridized carbons (Fsp3) is 0.263. The van der Waals surface area contributed by atoms with Gasteiger partial charge in [-0.3, -0.25) is 14.5 Å². The van der Waals surface area contributed by atoms with Gasteiger partial charge in [0.1, 0.15) is 11.6 Å². The Bertz CT molecular complexity index is 1030. The second-order valence-electron chi connectivity index (χ2n) is 6.80. The lowest BCUT2D eigenvalue weighted by molar-refractivity contribution is -0.115. The molecule has 0 unspecified atom stereocenters. The van der Waals surface area contributed by atoms with Gasteiger partial charge in [0, 0.05) is 37.6 Å². The van der Waals surface area contributed by atoms with Crippen molar-refractivity contribution < 1.29 is 9.18 Å². The van der Waals surface area contributed by atoms with Gasteiger partial charge in [-0.15, -0.1) is 0 Å². The van der Waals surface area contributed by atoms with E-state index in [0.29, 0.717) is 19.6 Å². The normalized spacial score (nSPS) is 13.2. The molecule has 0 saturated carbocycles. The van der Waals surface area contributed by atoms with Gasteiger partial charge in [0.2, 0.25) is 5.91 Å². The highest BCUT2D eigenvalue weighted by molar-refractivity contribution is 6.02. The van der Waals surface area contributed by atoms with Gasteiger partial charge >= 0.3 is 0 Å². The van der Waals surface area contributed by atoms with Crippen molar-refractivity contribution in [3.05, 3.63) is 59.6 Å². The number of hydrogen-bond donors (Lipinski definition) is 2. The molecule has 4 heterocycles. The summed E-state index contributed by atoms with van der Waals surface area (Å²) in [5.41, 5.74) is 4.17. The van der Waals surface area contributed by atoms with Gasteiger partial charge in [-0.2, -0.15) is 5.10 Å². The lowest BCUT2D eigenvalue weighted by Gasteiger charge is -2.28. The maximum atomic E-state index is 13.2. The van der Waals surface area contributed by atoms with E-state index in [1.54, 1.807) is 17.1 Å². The summed E-state index contributed by atoms with van der Waals surface area (Å²) in [6.45, 7) is 3.18. The summed E-state index contributed by atoms with van der Waals surface area (Å²) in [6.07, 6.45) is 6.46. The van der Waals surface area contributed by atoms with Crippen LogP contribution < -0.4 is 15.5 Å². The van der Waals surface area contributed by atoms with Crippen LogP contribution in [0.2, 0.25) is 0 Å². The Morgan fingerprint density at radius 2 is 2.11 bits per heavy atom. The van der Waals surface area contributed by atoms with Crippen molar-refractivity contribution in [3.8, 4) is 0 Å². The Kier molecular flexibility index (Phi) is 4.64. The van der Waals surface area contributed by atoms with Crippen molar-refractivity contribution in [3.63, 3.8) is 0 Å². The molecule has 0 spiro atoms. The first kappa shape index (κ1) is 17.9. The molecule has 1 amide bonds. The molecule has 2 N–H and O–H groups in total. The Morgan fingerprint density at radius 1 is 1.25 bits per heavy atom. The van der Waals surface area contributed by atoms with Gasteiger partial charge < -0.3 is 15.5 Å². The molecule has 3 aromatic rings. The second kappa shape index (κ2) is 7.26. The molecule has 3 aromatic heterocycles. The monoisotopic (exact) mass is 381 g/mol. The Labute approximate surface area is 161 Å². The van der Waals surface area contributed by atoms with Crippen LogP contribution >= 0.6 is 0 Å². The largest absolute Gasteiger partial charge is 0.366 e. The fourth-order valence-corrected chi connectivity index (χ4v) is 3.19. The number of fused-ring (bicyclic) bond motifs is 1. The van der Waals surface area contributed by atoms with E-state index < -0.39 is 0 Å². The van der Waals surface area contributed by atoms with Gasteiger partial charge in [0.05, 0.1) is 42.6 Å². The molecule has 0 aromatic carbocycles. The Hall–Kier alpha value is -3.49. The first-order valence-corrected chi connectivity index (χ1v) is 8.85. The van der Waals surface area contributed by atoms with Crippen molar-refractivity contribution in [1.82, 2.24) is 19.7 Å². The highest BCUT2D eigenvalue weighted by Crippen LogP contribution is 2.32. The lowest BCUT2D eigenvalue weighted by atomic mass is 10.2. The first-order valence-electron chi connectivity index (χ1n) is 8.85. The van der Waals surface area contributed by atoms with Crippen molar-refractivity contribution >= 4 is 23.1 Å². The minimum absolute atomic E-state index is 0.0403. The van der Waals surface area contributed by atoms with E-state index in [9.17, 15) is 9.18 Å². The summed E-state index contributed by atoms with van der Waals surface area (Å²) in [5, 5.41) is 10.5. The van der Waals surface area contributed by atoms with Crippen LogP contribution in [-0.2, 0) is 17.9 Å². The Morgan fingerprint density at radius 3 is 2.93 bits per heavy atom. The molecule has 0 saturated heterocycles. The minimum Gasteiger partial charge on any atom is -0.366 e. The fourth-order valence-electron chi connectivity index (χ4n) is 3.19. The number of likely N-dealkylation sites (N-methyl/N-ethyl adjacent to an activating group) is 1. The van der Waals surface area contributed by atoms with Crippen molar-refractivity contribution in [1.29, 1.82) is 0 Å². The predicted molar refractivity (Wildman–Crippen MR) is 104 cm³/mol. The van der Waals surface area contributed by atoms with E-state index in [0.717, 1.165) is 34.0 Å². The SMILES string of the molecule is Cc1nc(NCc2cnn(Cc3cncc(F)c3)c2)cc2c1NC(=O)CN2C. The molecule has 1 aliphatic heterocycles. The summed E-state index contributed by atoms with van der Waals surface area (Å²) in [6, 6.07) is 3.37. The van der Waals surface area contributed by atoms with Gasteiger partial charge in [-0.1, -0.05) is 0 Å². The molecule has 0 fully saturated rings. The van der Waals surface area contributed by atoms with E-state index >= 15 is 0 Å². The predicted octanol–water partition coefficient (Wildman–Crippen LogP) is 2.17. The van der Waals surface area contributed by atoms with Crippen LogP contribution in [0.3, 0.4) is 0 Å². The maximum Gasteiger partial charge on any atom is 0.243 e. The lowest BCUT2D eigenvalue weighted by Crippen LogP contribution is -2.36. The molecule has 9 heteroatoms. The molecular weight excluding hydrogens is 361 g/mol. The van der Waals surface area contributed by atoms with Gasteiger partial charge in [0.25, 0.3) is 0 Å². The number of carbonyl (C=O) groups is 1. The maximum absolute atomic E-state index is 13.2. The molecule has 28 heavy (non-hydrogen) atoms. The number of amides is 1. The standard InChI is InChI=1S/C19H20FN7O/c1-12-19-16(26(2)11-18(28)25-19)4-17(24-12)22-6-14-7-23-27(10-14)9-13-3-15(20)8-21-5-13/h3-5,7-8,10H,6,9,11H2,1-2H3,(H,22,24)(H,25,28). The topological polar surface area (TPSA) is 88.0 Å². The highest BCUT2D eigenvalue weighted by Gasteiger charge is 2.22. The van der Waals surface area contributed by atoms with E-state index in [4.69, 9.17) is 0 Å². The van der Waals surface area contributed by atoms with Crippen LogP contribution in [0.25, 0.3) is 0 Å². The first-order chi connectivity index (χ1) is 13.5. The van der Waals surface area contributed by atoms with Crippen molar-refractivity contribution in [2.45, 2.75) is 20.0 Å². The van der Waals surface area contributed by atoms with Crippen LogP contribution in [0.4, 0.5) is 21.6 Å². The number of halogens is 1. The number of anilines is 3. The zero-order valence-corrected chi connectivity index (χ0v) is 15.6. The molecule has 1 aliphatic rings. The quantitative estimate of drug-likeness (QED) is 0.704. The number of aryl methyl sites for hydroxylation is 1. The summed E-state index contributed by atoms with van der Waals surface area (Å²) in [5.74, 6) is 0.324. The summed E-state index contributed by atoms with van der Waals surface area (Å²) in [7, 11) is 1.88. The van der Waals surface area contributed by atoms with Crippen LogP contribution in [0.5, 0.6) is 0 Å². The van der Waals surface area contributed by atoms with Crippen LogP contribution in [-0.4, -0.2) is 39.2 Å². The Balaban J connectivity index is 1.44. The summed E-state index contributed by atoms with van der Waals surface area (Å²) < 4.78 is 15.0. The van der Waals surface area contributed by atoms with E-state index in [1.807, 2.05) is 31.1 Å². The molecule has 8 nitrogen and oxygen atoms in total. The number of carbonyl (C=O) groups excluding carboxylic acids is 1. The molecule has 0 atom stereocenters. The summed E-state index contributed by atoms with van der Waals surface area (Å²) >= 11 is 0. The third kappa shape index (κ3) is 3.78. The van der Waals surface area contributed by atoms with Gasteiger partial charge in [-0.05, 0) is 18.6 Å². The van der Waals surface area contributed by atoms with Crippen LogP contribution in [0.1, 0.15) is 16.8 Å². The number of rotatable bonds is 5. The molecule has 0 bridgehead atoms. The number of pyridine rings is 2. The zero-order valence-electron chi connectivity index (χ0n) is 15.6. The summed E-state index contributed by atoms with van der Waals surface area (Å²) in [4.78, 5) is 22.0. The number of aromatic nitrogens is 4. The number of hydrogen-bond acceptors (Lipinski definition) is 6. The average molecular weight is 381 g/mol. The van der Waals surface area contributed by atoms with Crippen molar-refractivity contribution in [2.75, 3.05) is 29.1 Å². The van der Waals surface area contributed by atoms with Gasteiger partial charge in [-0.25, -0.2) is 9.37 Å². The van der Waals surface area contributed by atoms with E-state index in [1.165, 1.54) is 12.3 Å². The molecule has 0 radical (unpaired) electrons. The third-order valence-corrected chi connectivity index (χ3v) is 4.50. The smallest absolute Gasteiger partial charge is 0.243 e.